The van der Waals surface area contributed by atoms with Gasteiger partial charge in [-0.15, -0.1) is 0 Å². The minimum absolute atomic E-state index is 0.381. The highest BCUT2D eigenvalue weighted by Gasteiger charge is 2.43. The lowest BCUT2D eigenvalue weighted by molar-refractivity contribution is -0.0797. The van der Waals surface area contributed by atoms with Crippen molar-refractivity contribution in [3.05, 3.63) is 35.4 Å². The van der Waals surface area contributed by atoms with Gasteiger partial charge in [0.25, 0.3) is 0 Å². The Kier molecular flexibility index (Phi) is 3.76. The third-order valence-corrected chi connectivity index (χ3v) is 4.56. The van der Waals surface area contributed by atoms with Crippen LogP contribution in [0.15, 0.2) is 24.3 Å². The molecule has 3 rings (SSSR count). The minimum atomic E-state index is -0.850. The van der Waals surface area contributed by atoms with Crippen LogP contribution in [0.4, 0.5) is 0 Å². The molecule has 1 aromatic rings. The minimum Gasteiger partial charge on any atom is -0.478 e. The van der Waals surface area contributed by atoms with Crippen LogP contribution in [-0.2, 0) is 11.2 Å². The normalized spacial score (nSPS) is 21.6. The van der Waals surface area contributed by atoms with Crippen LogP contribution in [0, 0.1) is 5.41 Å². The molecule has 2 aliphatic heterocycles. The summed E-state index contributed by atoms with van der Waals surface area (Å²) in [5.74, 6) is -0.850. The first-order chi connectivity index (χ1) is 9.67. The number of carboxylic acids is 1. The van der Waals surface area contributed by atoms with Crippen molar-refractivity contribution >= 4 is 5.97 Å². The fourth-order valence-electron chi connectivity index (χ4n) is 3.33. The molecule has 0 aromatic heterocycles. The molecule has 2 fully saturated rings. The van der Waals surface area contributed by atoms with Crippen molar-refractivity contribution in [3.8, 4) is 0 Å². The van der Waals surface area contributed by atoms with E-state index in [0.29, 0.717) is 11.0 Å². The molecule has 0 atom stereocenters. The Hall–Kier alpha value is -1.39. The van der Waals surface area contributed by atoms with Crippen molar-refractivity contribution in [2.45, 2.75) is 19.3 Å². The fraction of sp³-hybridized carbons (Fsp3) is 0.562. The molecule has 0 bridgehead atoms. The second kappa shape index (κ2) is 5.54. The number of nitrogens with zero attached hydrogens (tertiary/aromatic N) is 1. The van der Waals surface area contributed by atoms with Crippen LogP contribution >= 0.6 is 0 Å². The van der Waals surface area contributed by atoms with Crippen molar-refractivity contribution in [1.82, 2.24) is 4.90 Å². The number of rotatable bonds is 4. The highest BCUT2D eigenvalue weighted by atomic mass is 16.5. The molecule has 4 nitrogen and oxygen atoms in total. The molecule has 2 aliphatic rings. The third kappa shape index (κ3) is 2.86. The number of hydrogen-bond donors (Lipinski definition) is 1. The van der Waals surface area contributed by atoms with E-state index in [4.69, 9.17) is 9.84 Å². The number of benzene rings is 1. The van der Waals surface area contributed by atoms with Crippen molar-refractivity contribution < 1.29 is 14.6 Å². The Morgan fingerprint density at radius 2 is 2.05 bits per heavy atom. The number of ether oxygens (including phenoxy) is 1. The number of carbonyl (C=O) groups is 1. The monoisotopic (exact) mass is 275 g/mol. The van der Waals surface area contributed by atoms with Crippen LogP contribution in [0.1, 0.15) is 28.8 Å². The second-order valence-corrected chi connectivity index (χ2v) is 6.08. The van der Waals surface area contributed by atoms with Crippen molar-refractivity contribution in [3.63, 3.8) is 0 Å². The van der Waals surface area contributed by atoms with Crippen LogP contribution in [0.5, 0.6) is 0 Å². The van der Waals surface area contributed by atoms with Crippen molar-refractivity contribution in [2.24, 2.45) is 5.41 Å². The maximum Gasteiger partial charge on any atom is 0.335 e. The van der Waals surface area contributed by atoms with Gasteiger partial charge in [-0.3, -0.25) is 0 Å². The maximum atomic E-state index is 10.9. The fourth-order valence-corrected chi connectivity index (χ4v) is 3.33. The second-order valence-electron chi connectivity index (χ2n) is 6.08. The molecule has 1 aromatic carbocycles. The van der Waals surface area contributed by atoms with E-state index in [9.17, 15) is 4.79 Å². The van der Waals surface area contributed by atoms with E-state index in [2.05, 4.69) is 4.90 Å². The molecular weight excluding hydrogens is 254 g/mol. The lowest BCUT2D eigenvalue weighted by Gasteiger charge is -2.52. The Morgan fingerprint density at radius 3 is 2.75 bits per heavy atom. The van der Waals surface area contributed by atoms with Crippen LogP contribution in [0.25, 0.3) is 0 Å². The van der Waals surface area contributed by atoms with E-state index in [1.54, 1.807) is 12.1 Å². The molecular formula is C16H21NO3. The highest BCUT2D eigenvalue weighted by molar-refractivity contribution is 5.87. The molecule has 0 amide bonds. The zero-order valence-corrected chi connectivity index (χ0v) is 11.7. The number of hydrogen-bond acceptors (Lipinski definition) is 3. The molecule has 1 N–H and O–H groups in total. The van der Waals surface area contributed by atoms with E-state index in [1.165, 1.54) is 25.9 Å². The SMILES string of the molecule is O=C(O)c1cccc(CCN2CC3(CCOCC3)C2)c1. The van der Waals surface area contributed by atoms with E-state index >= 15 is 0 Å². The Labute approximate surface area is 119 Å². The van der Waals surface area contributed by atoms with Gasteiger partial charge in [0.15, 0.2) is 0 Å². The summed E-state index contributed by atoms with van der Waals surface area (Å²) in [6, 6.07) is 7.27. The Balaban J connectivity index is 1.49. The highest BCUT2D eigenvalue weighted by Crippen LogP contribution is 2.39. The molecule has 0 saturated carbocycles. The van der Waals surface area contributed by atoms with Gasteiger partial charge in [0.05, 0.1) is 5.56 Å². The van der Waals surface area contributed by atoms with Gasteiger partial charge < -0.3 is 14.7 Å². The quantitative estimate of drug-likeness (QED) is 0.913. The van der Waals surface area contributed by atoms with Gasteiger partial charge in [-0.25, -0.2) is 4.79 Å². The van der Waals surface area contributed by atoms with Crippen molar-refractivity contribution in [1.29, 1.82) is 0 Å². The molecule has 1 spiro atoms. The largest absolute Gasteiger partial charge is 0.478 e. The standard InChI is InChI=1S/C16H21NO3/c18-15(19)14-3-1-2-13(10-14)4-7-17-11-16(12-17)5-8-20-9-6-16/h1-3,10H,4-9,11-12H2,(H,18,19). The lowest BCUT2D eigenvalue weighted by atomic mass is 9.73. The first-order valence-electron chi connectivity index (χ1n) is 7.29. The molecule has 2 saturated heterocycles. The molecule has 0 unspecified atom stereocenters. The zero-order chi connectivity index (χ0) is 14.0. The third-order valence-electron chi connectivity index (χ3n) is 4.56. The predicted octanol–water partition coefficient (Wildman–Crippen LogP) is 2.04. The van der Waals surface area contributed by atoms with Crippen LogP contribution < -0.4 is 0 Å². The van der Waals surface area contributed by atoms with Gasteiger partial charge in [0, 0.05) is 38.3 Å². The van der Waals surface area contributed by atoms with Gasteiger partial charge in [0.1, 0.15) is 0 Å². The maximum absolute atomic E-state index is 10.9. The molecule has 4 heteroatoms. The van der Waals surface area contributed by atoms with Gasteiger partial charge in [-0.1, -0.05) is 12.1 Å². The average molecular weight is 275 g/mol. The summed E-state index contributed by atoms with van der Waals surface area (Å²) in [4.78, 5) is 13.4. The smallest absolute Gasteiger partial charge is 0.335 e. The van der Waals surface area contributed by atoms with E-state index in [-0.39, 0.29) is 0 Å². The summed E-state index contributed by atoms with van der Waals surface area (Å²) >= 11 is 0. The van der Waals surface area contributed by atoms with Crippen molar-refractivity contribution in [2.75, 3.05) is 32.8 Å². The Morgan fingerprint density at radius 1 is 1.30 bits per heavy atom. The molecule has 108 valence electrons. The van der Waals surface area contributed by atoms with E-state index in [0.717, 1.165) is 31.7 Å². The number of likely N-dealkylation sites (tertiary alicyclic amines) is 1. The summed E-state index contributed by atoms with van der Waals surface area (Å²) in [6.07, 6.45) is 3.31. The van der Waals surface area contributed by atoms with E-state index < -0.39 is 5.97 Å². The topological polar surface area (TPSA) is 49.8 Å². The molecule has 0 radical (unpaired) electrons. The van der Waals surface area contributed by atoms with Crippen LogP contribution in [-0.4, -0.2) is 48.8 Å². The summed E-state index contributed by atoms with van der Waals surface area (Å²) in [7, 11) is 0. The van der Waals surface area contributed by atoms with E-state index in [1.807, 2.05) is 12.1 Å². The predicted molar refractivity (Wildman–Crippen MR) is 76.0 cm³/mol. The molecule has 2 heterocycles. The Bertz CT molecular complexity index is 486. The summed E-state index contributed by atoms with van der Waals surface area (Å²) in [6.45, 7) is 5.19. The summed E-state index contributed by atoms with van der Waals surface area (Å²) < 4.78 is 5.43. The van der Waals surface area contributed by atoms with Gasteiger partial charge in [-0.05, 0) is 37.0 Å². The first-order valence-corrected chi connectivity index (χ1v) is 7.29. The first kappa shape index (κ1) is 13.6. The zero-order valence-electron chi connectivity index (χ0n) is 11.7. The molecule has 20 heavy (non-hydrogen) atoms. The average Bonchev–Trinajstić information content (AvgIpc) is 2.44. The van der Waals surface area contributed by atoms with Crippen LogP contribution in [0.3, 0.4) is 0 Å². The van der Waals surface area contributed by atoms with Gasteiger partial charge in [0.2, 0.25) is 0 Å². The van der Waals surface area contributed by atoms with Gasteiger partial charge in [-0.2, -0.15) is 0 Å². The lowest BCUT2D eigenvalue weighted by Crippen LogP contribution is -2.58. The van der Waals surface area contributed by atoms with Crippen LogP contribution in [0.2, 0.25) is 0 Å². The van der Waals surface area contributed by atoms with Gasteiger partial charge >= 0.3 is 5.97 Å². The number of carboxylic acid groups (broad SMARTS) is 1. The number of aromatic carboxylic acids is 1. The summed E-state index contributed by atoms with van der Waals surface area (Å²) in [5, 5.41) is 8.99. The molecule has 0 aliphatic carbocycles. The summed E-state index contributed by atoms with van der Waals surface area (Å²) in [5.41, 5.74) is 2.01.